The number of halogens is 1. The molecule has 0 spiro atoms. The van der Waals surface area contributed by atoms with Crippen molar-refractivity contribution in [2.45, 2.75) is 6.92 Å². The zero-order chi connectivity index (χ0) is 7.56. The molecule has 3 nitrogen and oxygen atoms in total. The molecule has 11 heavy (non-hydrogen) atoms. The highest BCUT2D eigenvalue weighted by Gasteiger charge is 1.95. The van der Waals surface area contributed by atoms with E-state index in [9.17, 15) is 0 Å². The second-order valence-corrected chi connectivity index (χ2v) is 2.68. The number of imidazole rings is 1. The Hall–Kier alpha value is -0.610. The molecule has 0 aliphatic rings. The fraction of sp³-hybridized carbons (Fsp3) is 0.333. The van der Waals surface area contributed by atoms with Crippen LogP contribution in [0, 0.1) is 0 Å². The van der Waals surface area contributed by atoms with Gasteiger partial charge in [0, 0.05) is 7.05 Å². The molecule has 0 fully saturated rings. The lowest BCUT2D eigenvalue weighted by Crippen LogP contribution is -2.06. The lowest BCUT2D eigenvalue weighted by atomic mass is 10.6. The molecule has 0 aliphatic heterocycles. The average molecular weight is 192 g/mol. The van der Waals surface area contributed by atoms with Gasteiger partial charge in [0.15, 0.2) is 0 Å². The Morgan fingerprint density at radius 1 is 1.73 bits per heavy atom. The van der Waals surface area contributed by atoms with E-state index in [-0.39, 0.29) is 12.4 Å². The van der Waals surface area contributed by atoms with Crippen molar-refractivity contribution in [2.75, 3.05) is 5.32 Å². The highest BCUT2D eigenvalue weighted by molar-refractivity contribution is 7.80. The molecular formula is C6H10ClN3S. The molecule has 1 aromatic heterocycles. The number of hydrogen-bond donors (Lipinski definition) is 1. The molecule has 0 unspecified atom stereocenters. The normalized spacial score (nSPS) is 8.55. The maximum absolute atomic E-state index is 4.85. The minimum Gasteiger partial charge on any atom is -0.335 e. The van der Waals surface area contributed by atoms with E-state index in [4.69, 9.17) is 12.2 Å². The summed E-state index contributed by atoms with van der Waals surface area (Å²) in [5, 5.41) is 2.98. The van der Waals surface area contributed by atoms with E-state index in [1.807, 2.05) is 18.5 Å². The monoisotopic (exact) mass is 191 g/mol. The van der Waals surface area contributed by atoms with Crippen LogP contribution in [0.25, 0.3) is 0 Å². The Morgan fingerprint density at radius 2 is 2.36 bits per heavy atom. The van der Waals surface area contributed by atoms with Gasteiger partial charge in [0.1, 0.15) is 5.82 Å². The molecule has 0 aliphatic carbocycles. The standard InChI is InChI=1S/C6H9N3S.ClH/c1-5(10)8-6-3-7-4-9(6)2;/h3-4H,1-2H3,(H,8,10);1H. The number of aromatic nitrogens is 2. The Labute approximate surface area is 77.2 Å². The largest absolute Gasteiger partial charge is 0.335 e. The third-order valence-electron chi connectivity index (χ3n) is 1.12. The van der Waals surface area contributed by atoms with Crippen LogP contribution in [-0.2, 0) is 7.05 Å². The number of nitrogens with zero attached hydrogens (tertiary/aromatic N) is 2. The molecule has 1 aromatic rings. The van der Waals surface area contributed by atoms with Crippen molar-refractivity contribution >= 4 is 35.4 Å². The molecule has 0 saturated carbocycles. The van der Waals surface area contributed by atoms with E-state index in [0.29, 0.717) is 0 Å². The first-order valence-corrected chi connectivity index (χ1v) is 3.35. The molecule has 5 heteroatoms. The van der Waals surface area contributed by atoms with Gasteiger partial charge in [0.05, 0.1) is 17.5 Å². The second kappa shape index (κ2) is 4.31. The first-order chi connectivity index (χ1) is 4.70. The fourth-order valence-corrected chi connectivity index (χ4v) is 0.763. The Morgan fingerprint density at radius 3 is 2.73 bits per heavy atom. The summed E-state index contributed by atoms with van der Waals surface area (Å²) in [7, 11) is 1.91. The smallest absolute Gasteiger partial charge is 0.130 e. The number of rotatable bonds is 1. The summed E-state index contributed by atoms with van der Waals surface area (Å²) in [4.78, 5) is 4.67. The quantitative estimate of drug-likeness (QED) is 0.684. The summed E-state index contributed by atoms with van der Waals surface area (Å²) < 4.78 is 1.87. The van der Waals surface area contributed by atoms with Crippen molar-refractivity contribution < 1.29 is 0 Å². The Kier molecular flexibility index (Phi) is 4.07. The van der Waals surface area contributed by atoms with Crippen molar-refractivity contribution in [3.8, 4) is 0 Å². The van der Waals surface area contributed by atoms with Gasteiger partial charge in [-0.3, -0.25) is 0 Å². The van der Waals surface area contributed by atoms with E-state index in [2.05, 4.69) is 10.3 Å². The maximum atomic E-state index is 4.85. The van der Waals surface area contributed by atoms with Crippen LogP contribution in [-0.4, -0.2) is 14.5 Å². The SMILES string of the molecule is CC(=S)Nc1cncn1C.Cl. The van der Waals surface area contributed by atoms with Crippen molar-refractivity contribution in [3.05, 3.63) is 12.5 Å². The first-order valence-electron chi connectivity index (χ1n) is 2.94. The Balaban J connectivity index is 0.000001000. The van der Waals surface area contributed by atoms with E-state index >= 15 is 0 Å². The highest BCUT2D eigenvalue weighted by atomic mass is 35.5. The summed E-state index contributed by atoms with van der Waals surface area (Å²) in [6, 6.07) is 0. The van der Waals surface area contributed by atoms with Crippen molar-refractivity contribution in [2.24, 2.45) is 7.05 Å². The first kappa shape index (κ1) is 10.4. The third kappa shape index (κ3) is 2.86. The average Bonchev–Trinajstić information content (AvgIpc) is 2.15. The molecule has 1 N–H and O–H groups in total. The summed E-state index contributed by atoms with van der Waals surface area (Å²) in [6.07, 6.45) is 3.45. The zero-order valence-corrected chi connectivity index (χ0v) is 8.00. The van der Waals surface area contributed by atoms with Crippen molar-refractivity contribution in [1.82, 2.24) is 9.55 Å². The molecule has 0 bridgehead atoms. The molecular weight excluding hydrogens is 182 g/mol. The van der Waals surface area contributed by atoms with Gasteiger partial charge in [-0.05, 0) is 6.92 Å². The summed E-state index contributed by atoms with van der Waals surface area (Å²) in [5.74, 6) is 0.924. The molecule has 0 aromatic carbocycles. The van der Waals surface area contributed by atoms with Crippen LogP contribution < -0.4 is 5.32 Å². The van der Waals surface area contributed by atoms with Crippen LogP contribution in [0.1, 0.15) is 6.92 Å². The van der Waals surface area contributed by atoms with Crippen molar-refractivity contribution in [1.29, 1.82) is 0 Å². The van der Waals surface area contributed by atoms with Gasteiger partial charge < -0.3 is 9.88 Å². The number of thiocarbonyl (C=S) groups is 1. The van der Waals surface area contributed by atoms with Gasteiger partial charge in [-0.2, -0.15) is 0 Å². The van der Waals surface area contributed by atoms with Crippen LogP contribution in [0.4, 0.5) is 5.82 Å². The van der Waals surface area contributed by atoms with Gasteiger partial charge in [-0.25, -0.2) is 4.98 Å². The van der Waals surface area contributed by atoms with Crippen LogP contribution in [0.5, 0.6) is 0 Å². The van der Waals surface area contributed by atoms with Crippen LogP contribution in [0.2, 0.25) is 0 Å². The van der Waals surface area contributed by atoms with Gasteiger partial charge >= 0.3 is 0 Å². The molecule has 0 saturated heterocycles. The Bertz CT molecular complexity index is 246. The van der Waals surface area contributed by atoms with E-state index < -0.39 is 0 Å². The molecule has 1 heterocycles. The van der Waals surface area contributed by atoms with Crippen LogP contribution >= 0.6 is 24.6 Å². The highest BCUT2D eigenvalue weighted by Crippen LogP contribution is 2.02. The summed E-state index contributed by atoms with van der Waals surface area (Å²) >= 11 is 4.85. The second-order valence-electron chi connectivity index (χ2n) is 2.07. The summed E-state index contributed by atoms with van der Waals surface area (Å²) in [5.41, 5.74) is 0. The zero-order valence-electron chi connectivity index (χ0n) is 6.37. The van der Waals surface area contributed by atoms with Gasteiger partial charge in [-0.1, -0.05) is 12.2 Å². The van der Waals surface area contributed by atoms with E-state index in [1.54, 1.807) is 12.5 Å². The van der Waals surface area contributed by atoms with Gasteiger partial charge in [-0.15, -0.1) is 12.4 Å². The predicted octanol–water partition coefficient (Wildman–Crippen LogP) is 1.60. The van der Waals surface area contributed by atoms with Gasteiger partial charge in [0.2, 0.25) is 0 Å². The van der Waals surface area contributed by atoms with Crippen LogP contribution in [0.3, 0.4) is 0 Å². The fourth-order valence-electron chi connectivity index (χ4n) is 0.658. The topological polar surface area (TPSA) is 29.9 Å². The molecule has 62 valence electrons. The van der Waals surface area contributed by atoms with E-state index in [0.717, 1.165) is 10.8 Å². The maximum Gasteiger partial charge on any atom is 0.130 e. The molecule has 0 radical (unpaired) electrons. The predicted molar refractivity (Wildman–Crippen MR) is 52.4 cm³/mol. The van der Waals surface area contributed by atoms with Gasteiger partial charge in [0.25, 0.3) is 0 Å². The van der Waals surface area contributed by atoms with Crippen molar-refractivity contribution in [3.63, 3.8) is 0 Å². The van der Waals surface area contributed by atoms with E-state index in [1.165, 1.54) is 0 Å². The number of hydrogen-bond acceptors (Lipinski definition) is 2. The molecule has 1 rings (SSSR count). The minimum atomic E-state index is 0. The van der Waals surface area contributed by atoms with Crippen LogP contribution in [0.15, 0.2) is 12.5 Å². The molecule has 0 atom stereocenters. The lowest BCUT2D eigenvalue weighted by Gasteiger charge is -2.01. The number of anilines is 1. The lowest BCUT2D eigenvalue weighted by molar-refractivity contribution is 0.923. The molecule has 0 amide bonds. The number of nitrogens with one attached hydrogen (secondary N) is 1. The third-order valence-corrected chi connectivity index (χ3v) is 1.22. The summed E-state index contributed by atoms with van der Waals surface area (Å²) in [6.45, 7) is 1.84. The minimum absolute atomic E-state index is 0. The number of aryl methyl sites for hydroxylation is 1.